The molecule has 0 bridgehead atoms. The maximum absolute atomic E-state index is 5.89. The van der Waals surface area contributed by atoms with Crippen LogP contribution in [-0.4, -0.2) is 20.3 Å². The van der Waals surface area contributed by atoms with E-state index < -0.39 is 0 Å². The van der Waals surface area contributed by atoms with Gasteiger partial charge in [0.25, 0.3) is 0 Å². The van der Waals surface area contributed by atoms with Gasteiger partial charge in [0.2, 0.25) is 0 Å². The highest BCUT2D eigenvalue weighted by atomic mass is 16.5. The molecule has 0 aromatic heterocycles. The van der Waals surface area contributed by atoms with Crippen LogP contribution in [0.1, 0.15) is 52.0 Å². The van der Waals surface area contributed by atoms with Crippen LogP contribution in [0.5, 0.6) is 11.5 Å². The van der Waals surface area contributed by atoms with E-state index in [4.69, 9.17) is 9.47 Å². The Hall–Kier alpha value is -1.22. The number of rotatable bonds is 11. The Morgan fingerprint density at radius 2 is 1.90 bits per heavy atom. The van der Waals surface area contributed by atoms with Crippen LogP contribution in [0.25, 0.3) is 0 Å². The molecule has 0 saturated heterocycles. The third-order valence-electron chi connectivity index (χ3n) is 3.37. The Kier molecular flexibility index (Phi) is 8.91. The molecule has 0 aliphatic heterocycles. The van der Waals surface area contributed by atoms with Crippen molar-refractivity contribution in [3.05, 3.63) is 23.8 Å². The number of benzene rings is 1. The molecule has 1 rings (SSSR count). The molecule has 0 fully saturated rings. The minimum absolute atomic E-state index is 0.664. The molecule has 1 aromatic rings. The third-order valence-corrected chi connectivity index (χ3v) is 3.37. The quantitative estimate of drug-likeness (QED) is 0.613. The van der Waals surface area contributed by atoms with E-state index in [1.807, 2.05) is 6.07 Å². The number of hydrogen-bond acceptors (Lipinski definition) is 3. The van der Waals surface area contributed by atoms with Gasteiger partial charge in [-0.3, -0.25) is 0 Å². The topological polar surface area (TPSA) is 30.5 Å². The predicted octanol–water partition coefficient (Wildman–Crippen LogP) is 4.40. The Morgan fingerprint density at radius 3 is 2.57 bits per heavy atom. The molecule has 0 aliphatic rings. The van der Waals surface area contributed by atoms with Crippen molar-refractivity contribution in [1.29, 1.82) is 0 Å². The van der Waals surface area contributed by atoms with Crippen molar-refractivity contribution < 1.29 is 9.47 Å². The molecule has 0 saturated carbocycles. The van der Waals surface area contributed by atoms with Gasteiger partial charge in [0.15, 0.2) is 11.5 Å². The highest BCUT2D eigenvalue weighted by Gasteiger charge is 2.06. The lowest BCUT2D eigenvalue weighted by atomic mass is 10.1. The van der Waals surface area contributed by atoms with Crippen LogP contribution < -0.4 is 14.8 Å². The van der Waals surface area contributed by atoms with Gasteiger partial charge >= 0.3 is 0 Å². The minimum atomic E-state index is 0.664. The predicted molar refractivity (Wildman–Crippen MR) is 89.2 cm³/mol. The van der Waals surface area contributed by atoms with E-state index in [0.29, 0.717) is 5.92 Å². The monoisotopic (exact) mass is 293 g/mol. The van der Waals surface area contributed by atoms with Crippen LogP contribution in [0.15, 0.2) is 18.2 Å². The maximum Gasteiger partial charge on any atom is 0.161 e. The molecule has 0 amide bonds. The molecule has 120 valence electrons. The summed E-state index contributed by atoms with van der Waals surface area (Å²) in [7, 11) is 1.69. The van der Waals surface area contributed by atoms with Gasteiger partial charge in [0.1, 0.15) is 0 Å². The molecule has 1 aromatic carbocycles. The summed E-state index contributed by atoms with van der Waals surface area (Å²) >= 11 is 0. The summed E-state index contributed by atoms with van der Waals surface area (Å²) in [5.41, 5.74) is 1.24. The second kappa shape index (κ2) is 10.5. The Morgan fingerprint density at radius 1 is 1.10 bits per heavy atom. The van der Waals surface area contributed by atoms with Crippen LogP contribution in [0.2, 0.25) is 0 Å². The first-order valence-electron chi connectivity index (χ1n) is 8.17. The molecule has 1 N–H and O–H groups in total. The summed E-state index contributed by atoms with van der Waals surface area (Å²) in [5, 5.41) is 3.45. The van der Waals surface area contributed by atoms with Crippen LogP contribution >= 0.6 is 0 Å². The Labute approximate surface area is 130 Å². The van der Waals surface area contributed by atoms with E-state index in [1.165, 1.54) is 24.8 Å². The molecule has 0 spiro atoms. The molecular formula is C18H31NO2. The zero-order chi connectivity index (χ0) is 15.5. The third kappa shape index (κ3) is 7.37. The fraction of sp³-hybridized carbons (Fsp3) is 0.667. The zero-order valence-corrected chi connectivity index (χ0v) is 14.1. The second-order valence-electron chi connectivity index (χ2n) is 5.92. The first kappa shape index (κ1) is 17.8. The normalized spacial score (nSPS) is 10.9. The van der Waals surface area contributed by atoms with Gasteiger partial charge in [-0.05, 0) is 36.6 Å². The minimum Gasteiger partial charge on any atom is -0.493 e. The van der Waals surface area contributed by atoms with E-state index in [-0.39, 0.29) is 0 Å². The summed E-state index contributed by atoms with van der Waals surface area (Å²) in [6, 6.07) is 6.18. The second-order valence-corrected chi connectivity index (χ2v) is 5.92. The van der Waals surface area contributed by atoms with Crippen LogP contribution in [0, 0.1) is 5.92 Å². The fourth-order valence-corrected chi connectivity index (χ4v) is 2.16. The molecule has 21 heavy (non-hydrogen) atoms. The number of ether oxygens (including phenoxy) is 2. The average Bonchev–Trinajstić information content (AvgIpc) is 2.47. The molecule has 0 unspecified atom stereocenters. The lowest BCUT2D eigenvalue weighted by Gasteiger charge is -2.13. The van der Waals surface area contributed by atoms with Crippen LogP contribution in [0.3, 0.4) is 0 Å². The van der Waals surface area contributed by atoms with Crippen molar-refractivity contribution >= 4 is 0 Å². The molecule has 0 aliphatic carbocycles. The zero-order valence-electron chi connectivity index (χ0n) is 14.1. The maximum atomic E-state index is 5.89. The summed E-state index contributed by atoms with van der Waals surface area (Å²) in [4.78, 5) is 0. The summed E-state index contributed by atoms with van der Waals surface area (Å²) < 4.78 is 11.3. The highest BCUT2D eigenvalue weighted by Crippen LogP contribution is 2.28. The molecule has 0 radical (unpaired) electrons. The van der Waals surface area contributed by atoms with Crippen molar-refractivity contribution in [1.82, 2.24) is 5.32 Å². The Balaban J connectivity index is 2.50. The molecule has 3 nitrogen and oxygen atoms in total. The lowest BCUT2D eigenvalue weighted by molar-refractivity contribution is 0.284. The average molecular weight is 293 g/mol. The van der Waals surface area contributed by atoms with Gasteiger partial charge in [-0.15, -0.1) is 0 Å². The summed E-state index contributed by atoms with van der Waals surface area (Å²) in [6.07, 6.45) is 4.86. The highest BCUT2D eigenvalue weighted by molar-refractivity contribution is 5.42. The number of methoxy groups -OCH3 is 1. The summed E-state index contributed by atoms with van der Waals surface area (Å²) in [5.74, 6) is 2.34. The van der Waals surface area contributed by atoms with Crippen molar-refractivity contribution in [2.75, 3.05) is 20.3 Å². The SMILES string of the molecule is CCCCCCOc1cc(CNCC(C)C)ccc1OC. The van der Waals surface area contributed by atoms with Gasteiger partial charge in [0.05, 0.1) is 13.7 Å². The van der Waals surface area contributed by atoms with Gasteiger partial charge in [0, 0.05) is 6.54 Å². The van der Waals surface area contributed by atoms with Crippen molar-refractivity contribution in [3.8, 4) is 11.5 Å². The van der Waals surface area contributed by atoms with Crippen LogP contribution in [-0.2, 0) is 6.54 Å². The molecular weight excluding hydrogens is 262 g/mol. The van der Waals surface area contributed by atoms with Crippen molar-refractivity contribution in [2.45, 2.75) is 53.0 Å². The molecule has 0 atom stereocenters. The van der Waals surface area contributed by atoms with Crippen molar-refractivity contribution in [2.24, 2.45) is 5.92 Å². The van der Waals surface area contributed by atoms with Gasteiger partial charge in [-0.1, -0.05) is 46.1 Å². The van der Waals surface area contributed by atoms with Gasteiger partial charge in [-0.2, -0.15) is 0 Å². The van der Waals surface area contributed by atoms with E-state index in [9.17, 15) is 0 Å². The van der Waals surface area contributed by atoms with Gasteiger partial charge in [-0.25, -0.2) is 0 Å². The summed E-state index contributed by atoms with van der Waals surface area (Å²) in [6.45, 7) is 9.31. The lowest BCUT2D eigenvalue weighted by Crippen LogP contribution is -2.18. The van der Waals surface area contributed by atoms with E-state index in [1.54, 1.807) is 7.11 Å². The van der Waals surface area contributed by atoms with E-state index in [2.05, 4.69) is 38.2 Å². The smallest absolute Gasteiger partial charge is 0.161 e. The molecule has 3 heteroatoms. The molecule has 0 heterocycles. The first-order valence-corrected chi connectivity index (χ1v) is 8.17. The Bertz CT molecular complexity index is 391. The standard InChI is InChI=1S/C18H31NO2/c1-5-6-7-8-11-21-18-12-16(9-10-17(18)20-4)14-19-13-15(2)3/h9-10,12,15,19H,5-8,11,13-14H2,1-4H3. The number of unbranched alkanes of at least 4 members (excludes halogenated alkanes) is 3. The largest absolute Gasteiger partial charge is 0.493 e. The van der Waals surface area contributed by atoms with Gasteiger partial charge < -0.3 is 14.8 Å². The van der Waals surface area contributed by atoms with Crippen LogP contribution in [0.4, 0.5) is 0 Å². The number of nitrogens with one attached hydrogen (secondary N) is 1. The number of hydrogen-bond donors (Lipinski definition) is 1. The van der Waals surface area contributed by atoms with E-state index >= 15 is 0 Å². The first-order chi connectivity index (χ1) is 10.2. The van der Waals surface area contributed by atoms with Crippen molar-refractivity contribution in [3.63, 3.8) is 0 Å². The van der Waals surface area contributed by atoms with E-state index in [0.717, 1.165) is 37.6 Å². The fourth-order valence-electron chi connectivity index (χ4n) is 2.16.